The Bertz CT molecular complexity index is 385. The molecule has 1 saturated carbocycles. The Kier molecular flexibility index (Phi) is 2.73. The molecule has 3 heteroatoms. The van der Waals surface area contributed by atoms with Gasteiger partial charge in [0.15, 0.2) is 0 Å². The predicted octanol–water partition coefficient (Wildman–Crippen LogP) is 3.04. The Morgan fingerprint density at radius 1 is 1.47 bits per heavy atom. The van der Waals surface area contributed by atoms with Crippen molar-refractivity contribution in [2.75, 3.05) is 13.6 Å². The lowest BCUT2D eigenvalue weighted by Gasteiger charge is -2.17. The number of hydrogen-bond acceptors (Lipinski definition) is 1. The molecule has 1 aromatic carbocycles. The van der Waals surface area contributed by atoms with Crippen LogP contribution in [0.25, 0.3) is 0 Å². The number of likely N-dealkylation sites (N-methyl/N-ethyl adjacent to an activating group) is 1. The van der Waals surface area contributed by atoms with Crippen molar-refractivity contribution in [1.29, 1.82) is 0 Å². The summed E-state index contributed by atoms with van der Waals surface area (Å²) in [5, 5.41) is 3.85. The monoisotopic (exact) mass is 227 g/mol. The third-order valence-electron chi connectivity index (χ3n) is 3.19. The van der Waals surface area contributed by atoms with E-state index in [0.717, 1.165) is 24.9 Å². The molecule has 0 radical (unpaired) electrons. The zero-order valence-electron chi connectivity index (χ0n) is 9.03. The first-order valence-electron chi connectivity index (χ1n) is 5.20. The van der Waals surface area contributed by atoms with Crippen LogP contribution in [0.4, 0.5) is 4.39 Å². The first-order valence-corrected chi connectivity index (χ1v) is 5.57. The number of halogens is 2. The first-order chi connectivity index (χ1) is 7.09. The Morgan fingerprint density at radius 3 is 2.67 bits per heavy atom. The largest absolute Gasteiger partial charge is 0.319 e. The minimum Gasteiger partial charge on any atom is -0.319 e. The third kappa shape index (κ3) is 1.88. The summed E-state index contributed by atoms with van der Waals surface area (Å²) in [6.45, 7) is 2.61. The lowest BCUT2D eigenvalue weighted by atomic mass is 9.94. The van der Waals surface area contributed by atoms with Gasteiger partial charge in [0.05, 0.1) is 0 Å². The van der Waals surface area contributed by atoms with E-state index in [1.165, 1.54) is 0 Å². The Morgan fingerprint density at radius 2 is 2.13 bits per heavy atom. The fraction of sp³-hybridized carbons (Fsp3) is 0.500. The van der Waals surface area contributed by atoms with E-state index in [1.807, 2.05) is 7.05 Å². The number of nitrogens with one attached hydrogen (secondary N) is 1. The van der Waals surface area contributed by atoms with Gasteiger partial charge < -0.3 is 5.32 Å². The van der Waals surface area contributed by atoms with Gasteiger partial charge >= 0.3 is 0 Å². The van der Waals surface area contributed by atoms with E-state index < -0.39 is 0 Å². The van der Waals surface area contributed by atoms with Gasteiger partial charge in [-0.2, -0.15) is 0 Å². The maximum Gasteiger partial charge on any atom is 0.126 e. The summed E-state index contributed by atoms with van der Waals surface area (Å²) in [5.74, 6) is -0.156. The molecule has 1 aromatic rings. The number of aryl methyl sites for hydroxylation is 1. The van der Waals surface area contributed by atoms with E-state index in [1.54, 1.807) is 19.1 Å². The molecule has 1 aliphatic carbocycles. The quantitative estimate of drug-likeness (QED) is 0.837. The van der Waals surface area contributed by atoms with Gasteiger partial charge in [0.1, 0.15) is 5.82 Å². The molecule has 2 rings (SSSR count). The van der Waals surface area contributed by atoms with E-state index in [9.17, 15) is 4.39 Å². The van der Waals surface area contributed by atoms with Gasteiger partial charge in [-0.15, -0.1) is 0 Å². The standard InChI is InChI=1S/C12H15ClFN/c1-8-5-10(13)9(6-11(8)14)12(3-4-12)7-15-2/h5-6,15H,3-4,7H2,1-2H3. The normalized spacial score (nSPS) is 17.9. The van der Waals surface area contributed by atoms with Crippen molar-refractivity contribution >= 4 is 11.6 Å². The zero-order valence-corrected chi connectivity index (χ0v) is 9.79. The topological polar surface area (TPSA) is 12.0 Å². The lowest BCUT2D eigenvalue weighted by molar-refractivity contribution is 0.593. The van der Waals surface area contributed by atoms with E-state index in [-0.39, 0.29) is 11.2 Å². The van der Waals surface area contributed by atoms with Crippen LogP contribution in [0, 0.1) is 12.7 Å². The molecular weight excluding hydrogens is 213 g/mol. The average Bonchev–Trinajstić information content (AvgIpc) is 2.93. The Hall–Kier alpha value is -0.600. The molecule has 0 bridgehead atoms. The SMILES string of the molecule is CNCC1(c2cc(F)c(C)cc2Cl)CC1. The second kappa shape index (κ2) is 3.76. The van der Waals surface area contributed by atoms with Crippen molar-refractivity contribution < 1.29 is 4.39 Å². The fourth-order valence-electron chi connectivity index (χ4n) is 2.08. The van der Waals surface area contributed by atoms with Gasteiger partial charge in [0.2, 0.25) is 0 Å². The van der Waals surface area contributed by atoms with Crippen LogP contribution >= 0.6 is 11.6 Å². The highest BCUT2D eigenvalue weighted by atomic mass is 35.5. The van der Waals surface area contributed by atoms with Crippen molar-refractivity contribution in [3.63, 3.8) is 0 Å². The number of rotatable bonds is 3. The maximum atomic E-state index is 13.5. The first kappa shape index (κ1) is 10.9. The van der Waals surface area contributed by atoms with Crippen LogP contribution in [0.15, 0.2) is 12.1 Å². The third-order valence-corrected chi connectivity index (χ3v) is 3.50. The number of benzene rings is 1. The minimum absolute atomic E-state index is 0.0837. The highest BCUT2D eigenvalue weighted by molar-refractivity contribution is 6.31. The summed E-state index contributed by atoms with van der Waals surface area (Å²) >= 11 is 6.17. The molecule has 0 saturated heterocycles. The summed E-state index contributed by atoms with van der Waals surface area (Å²) in [4.78, 5) is 0. The molecule has 1 nitrogen and oxygen atoms in total. The summed E-state index contributed by atoms with van der Waals surface area (Å²) in [7, 11) is 1.92. The van der Waals surface area contributed by atoms with Gasteiger partial charge in [0, 0.05) is 17.0 Å². The van der Waals surface area contributed by atoms with E-state index in [0.29, 0.717) is 10.6 Å². The van der Waals surface area contributed by atoms with E-state index >= 15 is 0 Å². The van der Waals surface area contributed by atoms with Crippen LogP contribution in [-0.4, -0.2) is 13.6 Å². The number of hydrogen-bond donors (Lipinski definition) is 1. The molecule has 1 fully saturated rings. The predicted molar refractivity (Wildman–Crippen MR) is 61.0 cm³/mol. The van der Waals surface area contributed by atoms with Gasteiger partial charge in [-0.05, 0) is 50.1 Å². The Balaban J connectivity index is 2.40. The van der Waals surface area contributed by atoms with Gasteiger partial charge in [0.25, 0.3) is 0 Å². The summed E-state index contributed by atoms with van der Waals surface area (Å²) in [6.07, 6.45) is 2.19. The molecule has 0 amide bonds. The Labute approximate surface area is 94.6 Å². The van der Waals surface area contributed by atoms with Gasteiger partial charge in [-0.1, -0.05) is 11.6 Å². The molecule has 82 valence electrons. The van der Waals surface area contributed by atoms with Crippen LogP contribution in [0.1, 0.15) is 24.0 Å². The molecule has 0 aliphatic heterocycles. The molecule has 0 atom stereocenters. The molecule has 0 heterocycles. The summed E-state index contributed by atoms with van der Waals surface area (Å²) in [6, 6.07) is 3.32. The van der Waals surface area contributed by atoms with Crippen molar-refractivity contribution in [3.8, 4) is 0 Å². The highest BCUT2D eigenvalue weighted by Gasteiger charge is 2.45. The van der Waals surface area contributed by atoms with Crippen molar-refractivity contribution in [3.05, 3.63) is 34.1 Å². The molecule has 15 heavy (non-hydrogen) atoms. The van der Waals surface area contributed by atoms with Crippen molar-refractivity contribution in [2.45, 2.75) is 25.2 Å². The summed E-state index contributed by atoms with van der Waals surface area (Å²) < 4.78 is 13.5. The van der Waals surface area contributed by atoms with Crippen molar-refractivity contribution in [1.82, 2.24) is 5.32 Å². The molecule has 0 aromatic heterocycles. The fourth-order valence-corrected chi connectivity index (χ4v) is 2.50. The van der Waals surface area contributed by atoms with Crippen LogP contribution in [-0.2, 0) is 5.41 Å². The molecule has 0 spiro atoms. The zero-order chi connectivity index (χ0) is 11.1. The smallest absolute Gasteiger partial charge is 0.126 e. The molecule has 1 N–H and O–H groups in total. The van der Waals surface area contributed by atoms with Crippen LogP contribution < -0.4 is 5.32 Å². The van der Waals surface area contributed by atoms with Crippen LogP contribution in [0.5, 0.6) is 0 Å². The second-order valence-electron chi connectivity index (χ2n) is 4.39. The highest BCUT2D eigenvalue weighted by Crippen LogP contribution is 2.50. The second-order valence-corrected chi connectivity index (χ2v) is 4.80. The van der Waals surface area contributed by atoms with Gasteiger partial charge in [-0.3, -0.25) is 0 Å². The van der Waals surface area contributed by atoms with Crippen LogP contribution in [0.3, 0.4) is 0 Å². The lowest BCUT2D eigenvalue weighted by Crippen LogP contribution is -2.24. The van der Waals surface area contributed by atoms with E-state index in [2.05, 4.69) is 5.32 Å². The molecular formula is C12H15ClFN. The molecule has 0 unspecified atom stereocenters. The van der Waals surface area contributed by atoms with Crippen molar-refractivity contribution in [2.24, 2.45) is 0 Å². The summed E-state index contributed by atoms with van der Waals surface area (Å²) in [5.41, 5.74) is 1.66. The minimum atomic E-state index is -0.156. The van der Waals surface area contributed by atoms with Crippen LogP contribution in [0.2, 0.25) is 5.02 Å². The van der Waals surface area contributed by atoms with E-state index in [4.69, 9.17) is 11.6 Å². The molecule has 1 aliphatic rings. The maximum absolute atomic E-state index is 13.5. The van der Waals surface area contributed by atoms with Gasteiger partial charge in [-0.25, -0.2) is 4.39 Å². The average molecular weight is 228 g/mol.